The van der Waals surface area contributed by atoms with Gasteiger partial charge in [0.05, 0.1) is 18.9 Å². The average molecular weight is 394 g/mol. The number of aryl methyl sites for hydroxylation is 1. The summed E-state index contributed by atoms with van der Waals surface area (Å²) in [5, 5.41) is 13.4. The molecule has 0 saturated heterocycles. The Kier molecular flexibility index (Phi) is 6.54. The monoisotopic (exact) mass is 394 g/mol. The highest BCUT2D eigenvalue weighted by molar-refractivity contribution is 5.90. The summed E-state index contributed by atoms with van der Waals surface area (Å²) < 4.78 is 5.41. The zero-order valence-corrected chi connectivity index (χ0v) is 16.7. The number of carboxylic acid groups (broad SMARTS) is 1. The van der Waals surface area contributed by atoms with Crippen LogP contribution in [-0.4, -0.2) is 35.1 Å². The molecule has 1 amide bonds. The summed E-state index contributed by atoms with van der Waals surface area (Å²) in [4.78, 5) is 27.4. The lowest BCUT2D eigenvalue weighted by atomic mass is 9.99. The summed E-state index contributed by atoms with van der Waals surface area (Å²) in [7, 11) is 0. The number of para-hydroxylation sites is 1. The fourth-order valence-electron chi connectivity index (χ4n) is 3.44. The molecule has 2 aromatic carbocycles. The number of aliphatic carboxylic acids is 1. The van der Waals surface area contributed by atoms with Crippen molar-refractivity contribution in [2.24, 2.45) is 5.92 Å². The number of hydrogen-bond acceptors (Lipinski definition) is 3. The smallest absolute Gasteiger partial charge is 0.308 e. The van der Waals surface area contributed by atoms with E-state index in [2.05, 4.69) is 10.3 Å². The van der Waals surface area contributed by atoms with Crippen LogP contribution in [-0.2, 0) is 22.4 Å². The van der Waals surface area contributed by atoms with Crippen LogP contribution in [0.3, 0.4) is 0 Å². The van der Waals surface area contributed by atoms with Crippen molar-refractivity contribution in [3.63, 3.8) is 0 Å². The fourth-order valence-corrected chi connectivity index (χ4v) is 3.44. The number of benzene rings is 2. The third-order valence-electron chi connectivity index (χ3n) is 4.98. The molecule has 0 aliphatic heterocycles. The fraction of sp³-hybridized carbons (Fsp3) is 0.304. The van der Waals surface area contributed by atoms with E-state index in [0.29, 0.717) is 13.0 Å². The zero-order chi connectivity index (χ0) is 20.8. The molecule has 1 atom stereocenters. The number of hydrogen-bond donors (Lipinski definition) is 3. The normalized spacial score (nSPS) is 11.9. The molecule has 1 heterocycles. The van der Waals surface area contributed by atoms with E-state index in [1.807, 2.05) is 62.4 Å². The molecule has 6 heteroatoms. The van der Waals surface area contributed by atoms with Crippen molar-refractivity contribution in [1.82, 2.24) is 10.3 Å². The summed E-state index contributed by atoms with van der Waals surface area (Å²) in [6, 6.07) is 15.2. The van der Waals surface area contributed by atoms with Crippen molar-refractivity contribution in [1.29, 1.82) is 0 Å². The van der Waals surface area contributed by atoms with Crippen molar-refractivity contribution in [2.45, 2.75) is 26.7 Å². The maximum Gasteiger partial charge on any atom is 0.308 e. The van der Waals surface area contributed by atoms with Gasteiger partial charge < -0.3 is 20.1 Å². The van der Waals surface area contributed by atoms with Gasteiger partial charge in [-0.05, 0) is 49.6 Å². The number of H-pyrrole nitrogens is 1. The van der Waals surface area contributed by atoms with Gasteiger partial charge in [-0.15, -0.1) is 0 Å². The van der Waals surface area contributed by atoms with Crippen LogP contribution >= 0.6 is 0 Å². The molecule has 6 nitrogen and oxygen atoms in total. The first kappa shape index (κ1) is 20.5. The number of amides is 1. The molecule has 1 aromatic heterocycles. The van der Waals surface area contributed by atoms with Crippen LogP contribution in [0.2, 0.25) is 0 Å². The quantitative estimate of drug-likeness (QED) is 0.518. The SMILES string of the molecule is CCOc1ccc(CC(CNC(=O)Cc2c(C)[nH]c3ccccc23)C(=O)O)cc1. The Hall–Kier alpha value is -3.28. The van der Waals surface area contributed by atoms with Crippen molar-refractivity contribution in [3.8, 4) is 5.75 Å². The topological polar surface area (TPSA) is 91.4 Å². The number of rotatable bonds is 9. The zero-order valence-electron chi connectivity index (χ0n) is 16.7. The molecule has 3 aromatic rings. The van der Waals surface area contributed by atoms with E-state index in [-0.39, 0.29) is 18.9 Å². The van der Waals surface area contributed by atoms with E-state index in [1.54, 1.807) is 0 Å². The molecule has 0 aliphatic rings. The van der Waals surface area contributed by atoms with Crippen LogP contribution in [0.5, 0.6) is 5.75 Å². The minimum absolute atomic E-state index is 0.0861. The van der Waals surface area contributed by atoms with E-state index in [9.17, 15) is 14.7 Å². The minimum Gasteiger partial charge on any atom is -0.494 e. The predicted octanol–water partition coefficient (Wildman–Crippen LogP) is 3.48. The summed E-state index contributed by atoms with van der Waals surface area (Å²) in [6.45, 7) is 4.52. The summed E-state index contributed by atoms with van der Waals surface area (Å²) in [5.41, 5.74) is 3.77. The van der Waals surface area contributed by atoms with Gasteiger partial charge in [0, 0.05) is 23.1 Å². The molecule has 3 N–H and O–H groups in total. The van der Waals surface area contributed by atoms with Crippen molar-refractivity contribution >= 4 is 22.8 Å². The van der Waals surface area contributed by atoms with Crippen molar-refractivity contribution < 1.29 is 19.4 Å². The molecular weight excluding hydrogens is 368 g/mol. The number of fused-ring (bicyclic) bond motifs is 1. The second-order valence-electron chi connectivity index (χ2n) is 7.07. The number of aromatic amines is 1. The molecule has 152 valence electrons. The predicted molar refractivity (Wildman–Crippen MR) is 112 cm³/mol. The minimum atomic E-state index is -0.928. The molecule has 0 spiro atoms. The van der Waals surface area contributed by atoms with Crippen molar-refractivity contribution in [3.05, 3.63) is 65.4 Å². The lowest BCUT2D eigenvalue weighted by molar-refractivity contribution is -0.141. The first-order chi connectivity index (χ1) is 14.0. The third kappa shape index (κ3) is 5.16. The van der Waals surface area contributed by atoms with Gasteiger partial charge in [0.25, 0.3) is 0 Å². The lowest BCUT2D eigenvalue weighted by Gasteiger charge is -2.14. The second kappa shape index (κ2) is 9.28. The van der Waals surface area contributed by atoms with E-state index >= 15 is 0 Å². The average Bonchev–Trinajstić information content (AvgIpc) is 3.01. The van der Waals surface area contributed by atoms with Crippen LogP contribution in [0.15, 0.2) is 48.5 Å². The number of carbonyl (C=O) groups is 2. The van der Waals surface area contributed by atoms with Crippen LogP contribution in [0.25, 0.3) is 10.9 Å². The molecule has 0 saturated carbocycles. The Bertz CT molecular complexity index is 992. The highest BCUT2D eigenvalue weighted by Crippen LogP contribution is 2.22. The molecule has 29 heavy (non-hydrogen) atoms. The summed E-state index contributed by atoms with van der Waals surface area (Å²) in [5.74, 6) is -1.05. The van der Waals surface area contributed by atoms with Gasteiger partial charge in [0.1, 0.15) is 5.75 Å². The van der Waals surface area contributed by atoms with Gasteiger partial charge in [0.15, 0.2) is 0 Å². The van der Waals surface area contributed by atoms with E-state index in [4.69, 9.17) is 4.74 Å². The lowest BCUT2D eigenvalue weighted by Crippen LogP contribution is -2.35. The highest BCUT2D eigenvalue weighted by atomic mass is 16.5. The Labute approximate surface area is 169 Å². The molecule has 0 radical (unpaired) electrons. The van der Waals surface area contributed by atoms with Gasteiger partial charge in [-0.3, -0.25) is 9.59 Å². The molecule has 0 aliphatic carbocycles. The molecule has 1 unspecified atom stereocenters. The number of carboxylic acids is 1. The Morgan fingerprint density at radius 2 is 1.86 bits per heavy atom. The Morgan fingerprint density at radius 3 is 2.55 bits per heavy atom. The van der Waals surface area contributed by atoms with Crippen LogP contribution in [0.1, 0.15) is 23.7 Å². The number of nitrogens with one attached hydrogen (secondary N) is 2. The maximum atomic E-state index is 12.5. The van der Waals surface area contributed by atoms with Gasteiger partial charge in [0.2, 0.25) is 5.91 Å². The van der Waals surface area contributed by atoms with Gasteiger partial charge in [-0.1, -0.05) is 30.3 Å². The van der Waals surface area contributed by atoms with E-state index in [1.165, 1.54) is 0 Å². The molecular formula is C23H26N2O4. The highest BCUT2D eigenvalue weighted by Gasteiger charge is 2.20. The van der Waals surface area contributed by atoms with Gasteiger partial charge in [-0.25, -0.2) is 0 Å². The standard InChI is InChI=1S/C23H26N2O4/c1-3-29-18-10-8-16(9-11-18)12-17(23(27)28)14-24-22(26)13-20-15(2)25-21-7-5-4-6-19(20)21/h4-11,17,25H,3,12-14H2,1-2H3,(H,24,26)(H,27,28). The van der Waals surface area contributed by atoms with Crippen LogP contribution in [0.4, 0.5) is 0 Å². The molecule has 0 bridgehead atoms. The largest absolute Gasteiger partial charge is 0.494 e. The maximum absolute atomic E-state index is 12.5. The van der Waals surface area contributed by atoms with Crippen molar-refractivity contribution in [2.75, 3.05) is 13.2 Å². The first-order valence-corrected chi connectivity index (χ1v) is 9.75. The third-order valence-corrected chi connectivity index (χ3v) is 4.98. The first-order valence-electron chi connectivity index (χ1n) is 9.75. The number of aromatic nitrogens is 1. The van der Waals surface area contributed by atoms with Crippen LogP contribution < -0.4 is 10.1 Å². The summed E-state index contributed by atoms with van der Waals surface area (Å²) >= 11 is 0. The summed E-state index contributed by atoms with van der Waals surface area (Å²) in [6.07, 6.45) is 0.555. The second-order valence-corrected chi connectivity index (χ2v) is 7.07. The van der Waals surface area contributed by atoms with E-state index < -0.39 is 11.9 Å². The molecule has 3 rings (SSSR count). The Morgan fingerprint density at radius 1 is 1.14 bits per heavy atom. The van der Waals surface area contributed by atoms with Crippen LogP contribution in [0, 0.1) is 12.8 Å². The van der Waals surface area contributed by atoms with Gasteiger partial charge in [-0.2, -0.15) is 0 Å². The Balaban J connectivity index is 1.60. The van der Waals surface area contributed by atoms with Gasteiger partial charge >= 0.3 is 5.97 Å². The number of carbonyl (C=O) groups excluding carboxylic acids is 1. The van der Waals surface area contributed by atoms with E-state index in [0.717, 1.165) is 33.5 Å². The number of ether oxygens (including phenoxy) is 1. The molecule has 0 fully saturated rings.